The van der Waals surface area contributed by atoms with E-state index in [1.807, 2.05) is 49.2 Å². The van der Waals surface area contributed by atoms with Gasteiger partial charge in [-0.1, -0.05) is 18.2 Å². The summed E-state index contributed by atoms with van der Waals surface area (Å²) in [5.74, 6) is 0.686. The number of aromatic nitrogens is 1. The van der Waals surface area contributed by atoms with E-state index in [9.17, 15) is 5.26 Å². The molecule has 2 N–H and O–H groups in total. The Morgan fingerprint density at radius 1 is 1.32 bits per heavy atom. The van der Waals surface area contributed by atoms with Crippen LogP contribution in [0.5, 0.6) is 0 Å². The lowest BCUT2D eigenvalue weighted by molar-refractivity contribution is 0.895. The van der Waals surface area contributed by atoms with Crippen LogP contribution in [0.15, 0.2) is 36.5 Å². The Kier molecular flexibility index (Phi) is 3.67. The maximum absolute atomic E-state index is 9.23. The molecule has 0 amide bonds. The average Bonchev–Trinajstić information content (AvgIpc) is 2.41. The Bertz CT molecular complexity index is 628. The first-order valence-corrected chi connectivity index (χ1v) is 6.03. The van der Waals surface area contributed by atoms with Crippen molar-refractivity contribution in [3.8, 4) is 6.07 Å². The maximum atomic E-state index is 9.23. The number of pyridine rings is 1. The van der Waals surface area contributed by atoms with Crippen LogP contribution in [0.2, 0.25) is 0 Å². The van der Waals surface area contributed by atoms with E-state index in [1.165, 1.54) is 0 Å². The summed E-state index contributed by atoms with van der Waals surface area (Å²) in [6.07, 6.45) is 1.72. The number of nitrogen functional groups attached to an aromatic ring is 1. The molecule has 0 aliphatic rings. The molecule has 1 aromatic heterocycles. The number of benzene rings is 1. The van der Waals surface area contributed by atoms with Crippen LogP contribution in [-0.2, 0) is 6.54 Å². The van der Waals surface area contributed by atoms with Gasteiger partial charge in [0, 0.05) is 25.5 Å². The standard InChI is InChI=1S/C15H16N4/c1-11-7-8-18-15(13(11)9-16)19(2)10-12-5-3-4-6-14(12)17/h3-8H,10,17H2,1-2H3. The molecule has 2 rings (SSSR count). The van der Waals surface area contributed by atoms with Crippen LogP contribution in [0.1, 0.15) is 16.7 Å². The summed E-state index contributed by atoms with van der Waals surface area (Å²) >= 11 is 0. The van der Waals surface area contributed by atoms with E-state index in [0.717, 1.165) is 16.8 Å². The van der Waals surface area contributed by atoms with Crippen LogP contribution in [0.3, 0.4) is 0 Å². The Labute approximate surface area is 113 Å². The minimum Gasteiger partial charge on any atom is -0.398 e. The number of nitriles is 1. The van der Waals surface area contributed by atoms with Gasteiger partial charge >= 0.3 is 0 Å². The van der Waals surface area contributed by atoms with Crippen LogP contribution in [0, 0.1) is 18.3 Å². The minimum atomic E-state index is 0.611. The predicted octanol–water partition coefficient (Wildman–Crippen LogP) is 2.48. The molecule has 0 aliphatic heterocycles. The second-order valence-electron chi connectivity index (χ2n) is 4.49. The van der Waals surface area contributed by atoms with Gasteiger partial charge in [-0.25, -0.2) is 4.98 Å². The first kappa shape index (κ1) is 12.9. The number of nitrogens with two attached hydrogens (primary N) is 1. The minimum absolute atomic E-state index is 0.611. The zero-order valence-corrected chi connectivity index (χ0v) is 11.1. The molecule has 0 saturated heterocycles. The van der Waals surface area contributed by atoms with Gasteiger partial charge in [-0.2, -0.15) is 5.26 Å². The highest BCUT2D eigenvalue weighted by Gasteiger charge is 2.12. The van der Waals surface area contributed by atoms with E-state index in [1.54, 1.807) is 6.20 Å². The molecule has 4 nitrogen and oxygen atoms in total. The molecule has 0 unspecified atom stereocenters. The molecular weight excluding hydrogens is 236 g/mol. The van der Waals surface area contributed by atoms with Gasteiger partial charge < -0.3 is 10.6 Å². The normalized spacial score (nSPS) is 9.95. The van der Waals surface area contributed by atoms with Gasteiger partial charge in [0.15, 0.2) is 0 Å². The fraction of sp³-hybridized carbons (Fsp3) is 0.200. The summed E-state index contributed by atoms with van der Waals surface area (Å²) in [5, 5.41) is 9.23. The monoisotopic (exact) mass is 252 g/mol. The highest BCUT2D eigenvalue weighted by Crippen LogP contribution is 2.22. The first-order chi connectivity index (χ1) is 9.13. The van der Waals surface area contributed by atoms with Crippen LogP contribution in [-0.4, -0.2) is 12.0 Å². The Morgan fingerprint density at radius 3 is 2.74 bits per heavy atom. The molecule has 1 aromatic carbocycles. The summed E-state index contributed by atoms with van der Waals surface area (Å²) in [6.45, 7) is 2.53. The van der Waals surface area contributed by atoms with Gasteiger partial charge in [-0.3, -0.25) is 0 Å². The van der Waals surface area contributed by atoms with Crippen molar-refractivity contribution in [3.05, 3.63) is 53.2 Å². The predicted molar refractivity (Wildman–Crippen MR) is 76.7 cm³/mol. The Balaban J connectivity index is 2.31. The summed E-state index contributed by atoms with van der Waals surface area (Å²) < 4.78 is 0. The number of hydrogen-bond acceptors (Lipinski definition) is 4. The lowest BCUT2D eigenvalue weighted by Crippen LogP contribution is -2.20. The number of anilines is 2. The van der Waals surface area contributed by atoms with Crippen molar-refractivity contribution in [3.63, 3.8) is 0 Å². The molecule has 0 spiro atoms. The van der Waals surface area contributed by atoms with E-state index in [2.05, 4.69) is 11.1 Å². The fourth-order valence-corrected chi connectivity index (χ4v) is 1.98. The van der Waals surface area contributed by atoms with Crippen LogP contribution >= 0.6 is 0 Å². The molecule has 19 heavy (non-hydrogen) atoms. The van der Waals surface area contributed by atoms with Crippen molar-refractivity contribution in [2.75, 3.05) is 17.7 Å². The zero-order valence-electron chi connectivity index (χ0n) is 11.1. The average molecular weight is 252 g/mol. The van der Waals surface area contributed by atoms with E-state index >= 15 is 0 Å². The molecule has 0 aliphatic carbocycles. The molecule has 0 atom stereocenters. The molecular formula is C15H16N4. The Hall–Kier alpha value is -2.54. The Morgan fingerprint density at radius 2 is 2.05 bits per heavy atom. The number of aryl methyl sites for hydroxylation is 1. The number of hydrogen-bond donors (Lipinski definition) is 1. The van der Waals surface area contributed by atoms with Crippen LogP contribution in [0.25, 0.3) is 0 Å². The summed E-state index contributed by atoms with van der Waals surface area (Å²) in [4.78, 5) is 6.24. The van der Waals surface area contributed by atoms with Gasteiger partial charge in [0.1, 0.15) is 11.9 Å². The first-order valence-electron chi connectivity index (χ1n) is 6.03. The van der Waals surface area contributed by atoms with Crippen molar-refractivity contribution in [2.24, 2.45) is 0 Å². The zero-order chi connectivity index (χ0) is 13.8. The van der Waals surface area contributed by atoms with Crippen LogP contribution < -0.4 is 10.6 Å². The lowest BCUT2D eigenvalue weighted by atomic mass is 10.1. The quantitative estimate of drug-likeness (QED) is 0.852. The third-order valence-electron chi connectivity index (χ3n) is 3.08. The van der Waals surface area contributed by atoms with Gasteiger partial charge in [0.2, 0.25) is 0 Å². The van der Waals surface area contributed by atoms with Crippen molar-refractivity contribution >= 4 is 11.5 Å². The second kappa shape index (κ2) is 5.40. The topological polar surface area (TPSA) is 65.9 Å². The molecule has 0 radical (unpaired) electrons. The van der Waals surface area contributed by atoms with Gasteiger partial charge in [-0.15, -0.1) is 0 Å². The molecule has 0 saturated carbocycles. The van der Waals surface area contributed by atoms with Gasteiger partial charge in [0.05, 0.1) is 5.56 Å². The molecule has 4 heteroatoms. The number of para-hydroxylation sites is 1. The summed E-state index contributed by atoms with van der Waals surface area (Å²) in [6, 6.07) is 11.8. The molecule has 96 valence electrons. The third-order valence-corrected chi connectivity index (χ3v) is 3.08. The maximum Gasteiger partial charge on any atom is 0.146 e. The fourth-order valence-electron chi connectivity index (χ4n) is 1.98. The molecule has 0 fully saturated rings. The van der Waals surface area contributed by atoms with Crippen molar-refractivity contribution in [1.29, 1.82) is 5.26 Å². The van der Waals surface area contributed by atoms with Gasteiger partial charge in [0.25, 0.3) is 0 Å². The summed E-state index contributed by atoms with van der Waals surface area (Å²) in [5.41, 5.74) is 9.25. The third kappa shape index (κ3) is 2.66. The summed E-state index contributed by atoms with van der Waals surface area (Å²) in [7, 11) is 1.91. The van der Waals surface area contributed by atoms with Crippen LogP contribution in [0.4, 0.5) is 11.5 Å². The largest absolute Gasteiger partial charge is 0.398 e. The SMILES string of the molecule is Cc1ccnc(N(C)Cc2ccccc2N)c1C#N. The van der Waals surface area contributed by atoms with Gasteiger partial charge in [-0.05, 0) is 30.2 Å². The van der Waals surface area contributed by atoms with E-state index in [-0.39, 0.29) is 0 Å². The smallest absolute Gasteiger partial charge is 0.146 e. The number of nitrogens with zero attached hydrogens (tertiary/aromatic N) is 3. The number of rotatable bonds is 3. The van der Waals surface area contributed by atoms with E-state index in [0.29, 0.717) is 17.9 Å². The molecule has 1 heterocycles. The van der Waals surface area contributed by atoms with Crippen molar-refractivity contribution in [2.45, 2.75) is 13.5 Å². The van der Waals surface area contributed by atoms with E-state index < -0.39 is 0 Å². The highest BCUT2D eigenvalue weighted by atomic mass is 15.2. The van der Waals surface area contributed by atoms with E-state index in [4.69, 9.17) is 5.73 Å². The molecule has 2 aromatic rings. The lowest BCUT2D eigenvalue weighted by Gasteiger charge is -2.20. The van der Waals surface area contributed by atoms with Crippen molar-refractivity contribution < 1.29 is 0 Å². The second-order valence-corrected chi connectivity index (χ2v) is 4.49. The highest BCUT2D eigenvalue weighted by molar-refractivity contribution is 5.58. The molecule has 0 bridgehead atoms. The van der Waals surface area contributed by atoms with Crippen molar-refractivity contribution in [1.82, 2.24) is 4.98 Å².